The predicted molar refractivity (Wildman–Crippen MR) is 68.4 cm³/mol. The molecule has 0 fully saturated rings. The molecule has 2 aromatic rings. The van der Waals surface area contributed by atoms with Gasteiger partial charge in [-0.3, -0.25) is 4.79 Å². The number of carboxylic acid groups (broad SMARTS) is 1. The summed E-state index contributed by atoms with van der Waals surface area (Å²) in [6.07, 6.45) is 3.07. The summed E-state index contributed by atoms with van der Waals surface area (Å²) in [5.41, 5.74) is 1.40. The second kappa shape index (κ2) is 5.43. The number of nitrogens with zero attached hydrogens (tertiary/aromatic N) is 2. The topological polar surface area (TPSA) is 73.6 Å². The van der Waals surface area contributed by atoms with Crippen molar-refractivity contribution in [2.45, 2.75) is 6.54 Å². The third-order valence-corrected chi connectivity index (χ3v) is 2.70. The second-order valence-corrected chi connectivity index (χ2v) is 3.87. The van der Waals surface area contributed by atoms with Crippen molar-refractivity contribution < 1.29 is 19.4 Å². The van der Waals surface area contributed by atoms with Crippen LogP contribution in [0.5, 0.6) is 11.5 Å². The number of hydrogen-bond donors (Lipinski definition) is 1. The first-order chi connectivity index (χ1) is 9.15. The summed E-state index contributed by atoms with van der Waals surface area (Å²) in [5, 5.41) is 8.88. The van der Waals surface area contributed by atoms with Crippen LogP contribution in [0.3, 0.4) is 0 Å². The van der Waals surface area contributed by atoms with Crippen molar-refractivity contribution in [2.24, 2.45) is 0 Å². The van der Waals surface area contributed by atoms with Gasteiger partial charge in [0.05, 0.1) is 32.4 Å². The van der Waals surface area contributed by atoms with Gasteiger partial charge in [-0.05, 0) is 18.2 Å². The zero-order valence-corrected chi connectivity index (χ0v) is 10.7. The minimum absolute atomic E-state index is 0.157. The van der Waals surface area contributed by atoms with Crippen LogP contribution in [0.1, 0.15) is 0 Å². The molecule has 6 heteroatoms. The maximum Gasteiger partial charge on any atom is 0.323 e. The number of aliphatic carboxylic acids is 1. The van der Waals surface area contributed by atoms with Crippen LogP contribution in [0.15, 0.2) is 30.7 Å². The molecule has 0 aliphatic carbocycles. The Hall–Kier alpha value is -2.50. The Morgan fingerprint density at radius 1 is 1.37 bits per heavy atom. The summed E-state index contributed by atoms with van der Waals surface area (Å²) in [5.74, 6) is 0.368. The molecule has 19 heavy (non-hydrogen) atoms. The highest BCUT2D eigenvalue weighted by Gasteiger charge is 2.13. The van der Waals surface area contributed by atoms with E-state index in [2.05, 4.69) is 4.98 Å². The van der Waals surface area contributed by atoms with Gasteiger partial charge < -0.3 is 19.1 Å². The Balaban J connectivity index is 2.51. The molecule has 1 aromatic heterocycles. The van der Waals surface area contributed by atoms with Gasteiger partial charge in [0.2, 0.25) is 0 Å². The zero-order chi connectivity index (χ0) is 13.8. The van der Waals surface area contributed by atoms with Crippen LogP contribution in [0.2, 0.25) is 0 Å². The molecule has 0 atom stereocenters. The van der Waals surface area contributed by atoms with Gasteiger partial charge in [-0.2, -0.15) is 0 Å². The molecular formula is C13H14N2O4. The van der Waals surface area contributed by atoms with Crippen LogP contribution in [0, 0.1) is 0 Å². The molecule has 0 saturated carbocycles. The number of carboxylic acids is 1. The van der Waals surface area contributed by atoms with Crippen molar-refractivity contribution in [3.05, 3.63) is 30.7 Å². The molecule has 1 aromatic carbocycles. The number of imidazole rings is 1. The highest BCUT2D eigenvalue weighted by molar-refractivity contribution is 5.72. The summed E-state index contributed by atoms with van der Waals surface area (Å²) in [7, 11) is 3.13. The lowest BCUT2D eigenvalue weighted by Gasteiger charge is -2.11. The molecule has 1 N–H and O–H groups in total. The Labute approximate surface area is 110 Å². The Morgan fingerprint density at radius 2 is 2.16 bits per heavy atom. The van der Waals surface area contributed by atoms with E-state index in [4.69, 9.17) is 14.6 Å². The van der Waals surface area contributed by atoms with Gasteiger partial charge in [0, 0.05) is 5.56 Å². The van der Waals surface area contributed by atoms with E-state index in [9.17, 15) is 4.79 Å². The second-order valence-electron chi connectivity index (χ2n) is 3.87. The highest BCUT2D eigenvalue weighted by Crippen LogP contribution is 2.33. The molecule has 2 rings (SSSR count). The fraction of sp³-hybridized carbons (Fsp3) is 0.231. The van der Waals surface area contributed by atoms with Gasteiger partial charge in [-0.25, -0.2) is 4.98 Å². The first-order valence-corrected chi connectivity index (χ1v) is 5.60. The van der Waals surface area contributed by atoms with Crippen LogP contribution in [-0.2, 0) is 11.3 Å². The van der Waals surface area contributed by atoms with Gasteiger partial charge in [0.25, 0.3) is 0 Å². The SMILES string of the molecule is COc1ccc(OC)c(-c2cncn2CC(=O)O)c1. The average molecular weight is 262 g/mol. The van der Waals surface area contributed by atoms with Gasteiger partial charge in [-0.15, -0.1) is 0 Å². The Morgan fingerprint density at radius 3 is 2.79 bits per heavy atom. The molecule has 0 radical (unpaired) electrons. The minimum Gasteiger partial charge on any atom is -0.497 e. The van der Waals surface area contributed by atoms with Crippen LogP contribution in [-0.4, -0.2) is 34.8 Å². The lowest BCUT2D eigenvalue weighted by molar-refractivity contribution is -0.137. The average Bonchev–Trinajstić information content (AvgIpc) is 2.85. The summed E-state index contributed by atoms with van der Waals surface area (Å²) in [6, 6.07) is 5.33. The Kier molecular flexibility index (Phi) is 3.70. The standard InChI is InChI=1S/C13H14N2O4/c1-18-9-3-4-12(19-2)10(5-9)11-6-14-8-15(11)7-13(16)17/h3-6,8H,7H2,1-2H3,(H,16,17). The van der Waals surface area contributed by atoms with Crippen molar-refractivity contribution in [2.75, 3.05) is 14.2 Å². The fourth-order valence-corrected chi connectivity index (χ4v) is 1.83. The summed E-state index contributed by atoms with van der Waals surface area (Å²) >= 11 is 0. The highest BCUT2D eigenvalue weighted by atomic mass is 16.5. The van der Waals surface area contributed by atoms with Crippen molar-refractivity contribution in [3.8, 4) is 22.8 Å². The molecule has 0 aliphatic rings. The van der Waals surface area contributed by atoms with Crippen molar-refractivity contribution >= 4 is 5.97 Å². The molecule has 0 spiro atoms. The number of ether oxygens (including phenoxy) is 2. The maximum absolute atomic E-state index is 10.8. The number of benzene rings is 1. The maximum atomic E-state index is 10.8. The van der Waals surface area contributed by atoms with Crippen molar-refractivity contribution in [1.29, 1.82) is 0 Å². The molecule has 1 heterocycles. The number of carbonyl (C=O) groups is 1. The zero-order valence-electron chi connectivity index (χ0n) is 10.7. The van der Waals surface area contributed by atoms with Crippen molar-refractivity contribution in [3.63, 3.8) is 0 Å². The monoisotopic (exact) mass is 262 g/mol. The van der Waals surface area contributed by atoms with Gasteiger partial charge >= 0.3 is 5.97 Å². The van der Waals surface area contributed by atoms with Crippen LogP contribution in [0.25, 0.3) is 11.3 Å². The molecular weight excluding hydrogens is 248 g/mol. The smallest absolute Gasteiger partial charge is 0.323 e. The van der Waals surface area contributed by atoms with Gasteiger partial charge in [-0.1, -0.05) is 0 Å². The number of aromatic nitrogens is 2. The molecule has 0 unspecified atom stereocenters. The third kappa shape index (κ3) is 2.67. The first kappa shape index (κ1) is 12.9. The van der Waals surface area contributed by atoms with E-state index in [1.54, 1.807) is 43.2 Å². The summed E-state index contributed by atoms with van der Waals surface area (Å²) < 4.78 is 12.0. The Bertz CT molecular complexity index is 592. The van der Waals surface area contributed by atoms with Crippen LogP contribution in [0.4, 0.5) is 0 Å². The van der Waals surface area contributed by atoms with E-state index in [0.29, 0.717) is 17.2 Å². The minimum atomic E-state index is -0.930. The van der Waals surface area contributed by atoms with E-state index in [1.807, 2.05) is 0 Å². The van der Waals surface area contributed by atoms with Crippen LogP contribution >= 0.6 is 0 Å². The quantitative estimate of drug-likeness (QED) is 0.886. The van der Waals surface area contributed by atoms with E-state index in [0.717, 1.165) is 5.56 Å². The van der Waals surface area contributed by atoms with E-state index in [-0.39, 0.29) is 6.54 Å². The fourth-order valence-electron chi connectivity index (χ4n) is 1.83. The molecule has 100 valence electrons. The van der Waals surface area contributed by atoms with Gasteiger partial charge in [0.1, 0.15) is 18.0 Å². The molecule has 6 nitrogen and oxygen atoms in total. The first-order valence-electron chi connectivity index (χ1n) is 5.60. The van der Waals surface area contributed by atoms with Crippen molar-refractivity contribution in [1.82, 2.24) is 9.55 Å². The number of hydrogen-bond acceptors (Lipinski definition) is 4. The number of methoxy groups -OCH3 is 2. The molecule has 0 saturated heterocycles. The van der Waals surface area contributed by atoms with Gasteiger partial charge in [0.15, 0.2) is 0 Å². The van der Waals surface area contributed by atoms with Crippen LogP contribution < -0.4 is 9.47 Å². The van der Waals surface area contributed by atoms with E-state index < -0.39 is 5.97 Å². The lowest BCUT2D eigenvalue weighted by atomic mass is 10.1. The predicted octanol–water partition coefficient (Wildman–Crippen LogP) is 1.65. The normalized spacial score (nSPS) is 10.2. The van der Waals surface area contributed by atoms with E-state index >= 15 is 0 Å². The third-order valence-electron chi connectivity index (χ3n) is 2.70. The van der Waals surface area contributed by atoms with E-state index in [1.165, 1.54) is 6.33 Å². The molecule has 0 aliphatic heterocycles. The molecule has 0 amide bonds. The lowest BCUT2D eigenvalue weighted by Crippen LogP contribution is -2.09. The largest absolute Gasteiger partial charge is 0.497 e. The summed E-state index contributed by atoms with van der Waals surface area (Å²) in [4.78, 5) is 14.8. The number of rotatable bonds is 5. The summed E-state index contributed by atoms with van der Waals surface area (Å²) in [6.45, 7) is -0.157. The molecule has 0 bridgehead atoms.